The van der Waals surface area contributed by atoms with E-state index < -0.39 is 0 Å². The standard InChI is InChI=1S/C10H8Br2O2/c11-4-3-10(14)9-2-1-8(12)5-7(9)6-13/h1-2,5-6H,3-4H2. The summed E-state index contributed by atoms with van der Waals surface area (Å²) in [6, 6.07) is 5.07. The molecule has 0 saturated heterocycles. The molecule has 0 fully saturated rings. The highest BCUT2D eigenvalue weighted by atomic mass is 79.9. The minimum Gasteiger partial charge on any atom is -0.298 e. The highest BCUT2D eigenvalue weighted by Crippen LogP contribution is 2.17. The summed E-state index contributed by atoms with van der Waals surface area (Å²) in [6.45, 7) is 0. The van der Waals surface area contributed by atoms with Gasteiger partial charge in [0.2, 0.25) is 0 Å². The molecule has 0 aliphatic heterocycles. The SMILES string of the molecule is O=Cc1cc(Br)ccc1C(=O)CCBr. The third kappa shape index (κ3) is 2.75. The summed E-state index contributed by atoms with van der Waals surface area (Å²) in [7, 11) is 0. The Bertz CT molecular complexity index is 361. The Balaban J connectivity index is 3.07. The van der Waals surface area contributed by atoms with Crippen LogP contribution < -0.4 is 0 Å². The molecular weight excluding hydrogens is 312 g/mol. The maximum absolute atomic E-state index is 11.5. The van der Waals surface area contributed by atoms with Gasteiger partial charge in [0, 0.05) is 27.4 Å². The molecule has 4 heteroatoms. The Kier molecular flexibility index (Phi) is 4.48. The number of hydrogen-bond acceptors (Lipinski definition) is 2. The summed E-state index contributed by atoms with van der Waals surface area (Å²) in [5, 5.41) is 0.611. The number of aldehydes is 1. The highest BCUT2D eigenvalue weighted by Gasteiger charge is 2.10. The van der Waals surface area contributed by atoms with Gasteiger partial charge in [-0.1, -0.05) is 31.9 Å². The van der Waals surface area contributed by atoms with E-state index in [4.69, 9.17) is 0 Å². The minimum absolute atomic E-state index is 0.0172. The Morgan fingerprint density at radius 1 is 1.43 bits per heavy atom. The van der Waals surface area contributed by atoms with E-state index in [0.29, 0.717) is 29.2 Å². The molecule has 0 atom stereocenters. The molecule has 0 N–H and O–H groups in total. The Hall–Kier alpha value is -0.480. The van der Waals surface area contributed by atoms with Crippen LogP contribution in [-0.4, -0.2) is 17.4 Å². The molecule has 0 aliphatic carbocycles. The highest BCUT2D eigenvalue weighted by molar-refractivity contribution is 9.10. The van der Waals surface area contributed by atoms with Crippen molar-refractivity contribution < 1.29 is 9.59 Å². The lowest BCUT2D eigenvalue weighted by Crippen LogP contribution is -2.03. The number of carbonyl (C=O) groups excluding carboxylic acids is 2. The van der Waals surface area contributed by atoms with E-state index in [1.54, 1.807) is 18.2 Å². The number of hydrogen-bond donors (Lipinski definition) is 0. The molecule has 2 nitrogen and oxygen atoms in total. The summed E-state index contributed by atoms with van der Waals surface area (Å²) < 4.78 is 0.801. The van der Waals surface area contributed by atoms with E-state index in [1.807, 2.05) is 0 Å². The number of carbonyl (C=O) groups is 2. The smallest absolute Gasteiger partial charge is 0.164 e. The van der Waals surface area contributed by atoms with Crippen LogP contribution in [0.1, 0.15) is 27.1 Å². The molecule has 0 radical (unpaired) electrons. The fraction of sp³-hybridized carbons (Fsp3) is 0.200. The van der Waals surface area contributed by atoms with Gasteiger partial charge in [-0.2, -0.15) is 0 Å². The molecule has 74 valence electrons. The number of benzene rings is 1. The average molecular weight is 320 g/mol. The van der Waals surface area contributed by atoms with Crippen LogP contribution in [0.25, 0.3) is 0 Å². The zero-order valence-corrected chi connectivity index (χ0v) is 10.5. The van der Waals surface area contributed by atoms with Crippen LogP contribution >= 0.6 is 31.9 Å². The summed E-state index contributed by atoms with van der Waals surface area (Å²) in [6.07, 6.45) is 1.11. The first-order valence-corrected chi connectivity index (χ1v) is 5.94. The number of alkyl halides is 1. The predicted molar refractivity (Wildman–Crippen MR) is 62.3 cm³/mol. The third-order valence-electron chi connectivity index (χ3n) is 1.76. The van der Waals surface area contributed by atoms with Gasteiger partial charge in [-0.05, 0) is 18.2 Å². The van der Waals surface area contributed by atoms with Gasteiger partial charge in [-0.3, -0.25) is 9.59 Å². The van der Waals surface area contributed by atoms with Crippen molar-refractivity contribution in [2.45, 2.75) is 6.42 Å². The van der Waals surface area contributed by atoms with Gasteiger partial charge in [0.05, 0.1) is 0 Å². The lowest BCUT2D eigenvalue weighted by molar-refractivity contribution is 0.0983. The van der Waals surface area contributed by atoms with Gasteiger partial charge in [-0.15, -0.1) is 0 Å². The molecule has 14 heavy (non-hydrogen) atoms. The summed E-state index contributed by atoms with van der Waals surface area (Å²) in [5.74, 6) is -0.0172. The number of Topliss-reactive ketones (excluding diaryl/α,β-unsaturated/α-hetero) is 1. The first-order chi connectivity index (χ1) is 6.69. The van der Waals surface area contributed by atoms with Crippen LogP contribution in [0.3, 0.4) is 0 Å². The van der Waals surface area contributed by atoms with Crippen molar-refractivity contribution in [3.8, 4) is 0 Å². The Morgan fingerprint density at radius 3 is 2.71 bits per heavy atom. The maximum atomic E-state index is 11.5. The van der Waals surface area contributed by atoms with Crippen LogP contribution in [0.5, 0.6) is 0 Å². The molecule has 1 rings (SSSR count). The molecule has 0 heterocycles. The van der Waals surface area contributed by atoms with Crippen molar-refractivity contribution in [2.24, 2.45) is 0 Å². The van der Waals surface area contributed by atoms with Crippen molar-refractivity contribution in [3.05, 3.63) is 33.8 Å². The molecule has 1 aromatic carbocycles. The van der Waals surface area contributed by atoms with E-state index in [1.165, 1.54) is 0 Å². The van der Waals surface area contributed by atoms with E-state index in [-0.39, 0.29) is 5.78 Å². The second kappa shape index (κ2) is 5.41. The van der Waals surface area contributed by atoms with Crippen molar-refractivity contribution in [2.75, 3.05) is 5.33 Å². The van der Waals surface area contributed by atoms with E-state index in [0.717, 1.165) is 4.47 Å². The van der Waals surface area contributed by atoms with Crippen molar-refractivity contribution >= 4 is 43.9 Å². The summed E-state index contributed by atoms with van der Waals surface area (Å²) in [4.78, 5) is 22.2. The van der Waals surface area contributed by atoms with Gasteiger partial charge in [0.25, 0.3) is 0 Å². The fourth-order valence-electron chi connectivity index (χ4n) is 1.11. The molecule has 1 aromatic rings. The predicted octanol–water partition coefficient (Wildman–Crippen LogP) is 3.23. The molecule has 0 aromatic heterocycles. The lowest BCUT2D eigenvalue weighted by Gasteiger charge is -2.02. The van der Waals surface area contributed by atoms with E-state index in [2.05, 4.69) is 31.9 Å². The van der Waals surface area contributed by atoms with Gasteiger partial charge in [0.1, 0.15) is 0 Å². The van der Waals surface area contributed by atoms with Gasteiger partial charge in [0.15, 0.2) is 12.1 Å². The topological polar surface area (TPSA) is 34.1 Å². The van der Waals surface area contributed by atoms with Crippen LogP contribution in [0.4, 0.5) is 0 Å². The number of halogens is 2. The quantitative estimate of drug-likeness (QED) is 0.485. The largest absolute Gasteiger partial charge is 0.298 e. The van der Waals surface area contributed by atoms with Crippen molar-refractivity contribution in [1.29, 1.82) is 0 Å². The number of ketones is 1. The second-order valence-electron chi connectivity index (χ2n) is 2.71. The summed E-state index contributed by atoms with van der Waals surface area (Å²) in [5.41, 5.74) is 0.924. The van der Waals surface area contributed by atoms with Crippen molar-refractivity contribution in [1.82, 2.24) is 0 Å². The monoisotopic (exact) mass is 318 g/mol. The fourth-order valence-corrected chi connectivity index (χ4v) is 1.84. The zero-order valence-electron chi connectivity index (χ0n) is 7.30. The number of rotatable bonds is 4. The van der Waals surface area contributed by atoms with E-state index >= 15 is 0 Å². The van der Waals surface area contributed by atoms with Crippen LogP contribution in [-0.2, 0) is 0 Å². The molecule has 0 aliphatic rings. The van der Waals surface area contributed by atoms with Crippen LogP contribution in [0.2, 0.25) is 0 Å². The molecule has 0 amide bonds. The lowest BCUT2D eigenvalue weighted by atomic mass is 10.0. The minimum atomic E-state index is -0.0172. The molecule has 0 spiro atoms. The maximum Gasteiger partial charge on any atom is 0.164 e. The molecule has 0 bridgehead atoms. The molecular formula is C10H8Br2O2. The first kappa shape index (κ1) is 11.6. The van der Waals surface area contributed by atoms with Crippen LogP contribution in [0.15, 0.2) is 22.7 Å². The first-order valence-electron chi connectivity index (χ1n) is 4.03. The summed E-state index contributed by atoms with van der Waals surface area (Å²) >= 11 is 6.44. The van der Waals surface area contributed by atoms with Crippen molar-refractivity contribution in [3.63, 3.8) is 0 Å². The second-order valence-corrected chi connectivity index (χ2v) is 4.42. The van der Waals surface area contributed by atoms with E-state index in [9.17, 15) is 9.59 Å². The Morgan fingerprint density at radius 2 is 2.14 bits per heavy atom. The molecule has 0 unspecified atom stereocenters. The zero-order chi connectivity index (χ0) is 10.6. The average Bonchev–Trinajstić information content (AvgIpc) is 2.17. The molecule has 0 saturated carbocycles. The van der Waals surface area contributed by atoms with Gasteiger partial charge in [-0.25, -0.2) is 0 Å². The van der Waals surface area contributed by atoms with Gasteiger partial charge >= 0.3 is 0 Å². The van der Waals surface area contributed by atoms with Crippen LogP contribution in [0, 0.1) is 0 Å². The Labute approximate surface area is 98.9 Å². The third-order valence-corrected chi connectivity index (χ3v) is 2.65. The normalized spacial score (nSPS) is 9.86. The van der Waals surface area contributed by atoms with Gasteiger partial charge < -0.3 is 0 Å².